The molecule has 0 spiro atoms. The number of aliphatic hydroxyl groups is 1. The number of thiophene rings is 1. The number of ether oxygens (including phenoxy) is 1. The van der Waals surface area contributed by atoms with Crippen molar-refractivity contribution in [3.8, 4) is 6.07 Å². The number of fused-ring (bicyclic) bond motifs is 1. The van der Waals surface area contributed by atoms with Gasteiger partial charge in [-0.05, 0) is 19.4 Å². The fourth-order valence-corrected chi connectivity index (χ4v) is 3.25. The number of aliphatic hydroxyl groups excluding tert-OH is 1. The molecule has 0 atom stereocenters. The number of nitrogens with one attached hydrogen (secondary N) is 2. The highest BCUT2D eigenvalue weighted by Gasteiger charge is 2.32. The summed E-state index contributed by atoms with van der Waals surface area (Å²) in [6.45, 7) is 4.02. The first kappa shape index (κ1) is 16.4. The molecule has 22 heavy (non-hydrogen) atoms. The summed E-state index contributed by atoms with van der Waals surface area (Å²) in [7, 11) is 0. The van der Waals surface area contributed by atoms with E-state index in [4.69, 9.17) is 9.84 Å². The van der Waals surface area contributed by atoms with Gasteiger partial charge in [-0.2, -0.15) is 5.26 Å². The van der Waals surface area contributed by atoms with Crippen molar-refractivity contribution in [3.63, 3.8) is 0 Å². The predicted octanol–water partition coefficient (Wildman–Crippen LogP) is 0.518. The van der Waals surface area contributed by atoms with Crippen LogP contribution >= 0.6 is 11.3 Å². The Kier molecular flexibility index (Phi) is 4.81. The molecule has 1 aliphatic rings. The first-order valence-electron chi connectivity index (χ1n) is 6.76. The molecule has 0 fully saturated rings. The monoisotopic (exact) mass is 323 g/mol. The molecule has 0 saturated carbocycles. The molecule has 3 N–H and O–H groups in total. The molecule has 2 amide bonds. The van der Waals surface area contributed by atoms with Crippen LogP contribution < -0.4 is 10.6 Å². The van der Waals surface area contributed by atoms with E-state index in [1.807, 2.05) is 13.8 Å². The molecule has 0 unspecified atom stereocenters. The fraction of sp³-hybridized carbons (Fsp3) is 0.500. The van der Waals surface area contributed by atoms with Gasteiger partial charge >= 0.3 is 11.8 Å². The van der Waals surface area contributed by atoms with Crippen molar-refractivity contribution in [2.75, 3.05) is 18.5 Å². The first-order chi connectivity index (χ1) is 10.4. The number of anilines is 1. The average Bonchev–Trinajstić information content (AvgIpc) is 2.79. The fourth-order valence-electron chi connectivity index (χ4n) is 2.17. The number of amides is 2. The molecule has 0 radical (unpaired) electrons. The summed E-state index contributed by atoms with van der Waals surface area (Å²) in [5, 5.41) is 23.1. The summed E-state index contributed by atoms with van der Waals surface area (Å²) in [6, 6.07) is 2.10. The molecular weight excluding hydrogens is 306 g/mol. The number of hydrogen-bond donors (Lipinski definition) is 3. The molecule has 0 aliphatic carbocycles. The van der Waals surface area contributed by atoms with Crippen molar-refractivity contribution in [1.82, 2.24) is 5.32 Å². The van der Waals surface area contributed by atoms with Crippen molar-refractivity contribution in [2.45, 2.75) is 32.5 Å². The van der Waals surface area contributed by atoms with Crippen LogP contribution in [0.1, 0.15) is 29.9 Å². The molecule has 1 aromatic rings. The maximum absolute atomic E-state index is 11.8. The maximum Gasteiger partial charge on any atom is 0.314 e. The summed E-state index contributed by atoms with van der Waals surface area (Å²) in [5.74, 6) is -1.70. The molecule has 8 heteroatoms. The minimum absolute atomic E-state index is 0.000328. The van der Waals surface area contributed by atoms with Gasteiger partial charge in [0.05, 0.1) is 24.4 Å². The van der Waals surface area contributed by atoms with Crippen LogP contribution in [0.4, 0.5) is 5.00 Å². The van der Waals surface area contributed by atoms with Crippen LogP contribution in [0.15, 0.2) is 0 Å². The van der Waals surface area contributed by atoms with Crippen molar-refractivity contribution >= 4 is 28.2 Å². The van der Waals surface area contributed by atoms with E-state index in [-0.39, 0.29) is 18.8 Å². The van der Waals surface area contributed by atoms with Gasteiger partial charge in [-0.15, -0.1) is 11.3 Å². The summed E-state index contributed by atoms with van der Waals surface area (Å²) < 4.78 is 5.69. The molecule has 1 aromatic heterocycles. The van der Waals surface area contributed by atoms with Crippen LogP contribution in [0.2, 0.25) is 0 Å². The number of rotatable bonds is 3. The van der Waals surface area contributed by atoms with Crippen LogP contribution in [-0.4, -0.2) is 35.7 Å². The van der Waals surface area contributed by atoms with Gasteiger partial charge in [0, 0.05) is 17.8 Å². The number of carbonyl (C=O) groups is 2. The zero-order valence-corrected chi connectivity index (χ0v) is 13.2. The topological polar surface area (TPSA) is 111 Å². The SMILES string of the molecule is CC1(C)Cc2c(sc(NC(=O)C(=O)NCCO)c2C#N)CO1. The maximum atomic E-state index is 11.8. The Labute approximate surface area is 131 Å². The molecule has 2 heterocycles. The lowest BCUT2D eigenvalue weighted by Gasteiger charge is -2.29. The van der Waals surface area contributed by atoms with Crippen LogP contribution in [0.25, 0.3) is 0 Å². The lowest BCUT2D eigenvalue weighted by Crippen LogP contribution is -2.36. The average molecular weight is 323 g/mol. The molecule has 118 valence electrons. The van der Waals surface area contributed by atoms with Gasteiger partial charge in [0.2, 0.25) is 0 Å². The van der Waals surface area contributed by atoms with Gasteiger partial charge in [0.15, 0.2) is 0 Å². The van der Waals surface area contributed by atoms with Crippen LogP contribution in [0, 0.1) is 11.3 Å². The third kappa shape index (κ3) is 3.44. The van der Waals surface area contributed by atoms with E-state index in [1.165, 1.54) is 11.3 Å². The number of nitrogens with zero attached hydrogens (tertiary/aromatic N) is 1. The number of carbonyl (C=O) groups excluding carboxylic acids is 2. The van der Waals surface area contributed by atoms with E-state index >= 15 is 0 Å². The quantitative estimate of drug-likeness (QED) is 0.702. The van der Waals surface area contributed by atoms with Gasteiger partial charge in [-0.1, -0.05) is 0 Å². The zero-order chi connectivity index (χ0) is 16.3. The third-order valence-corrected chi connectivity index (χ3v) is 4.35. The Morgan fingerprint density at radius 2 is 2.18 bits per heavy atom. The van der Waals surface area contributed by atoms with E-state index in [0.29, 0.717) is 23.6 Å². The predicted molar refractivity (Wildman–Crippen MR) is 80.3 cm³/mol. The lowest BCUT2D eigenvalue weighted by molar-refractivity contribution is -0.136. The molecule has 1 aliphatic heterocycles. The minimum Gasteiger partial charge on any atom is -0.395 e. The van der Waals surface area contributed by atoms with Crippen molar-refractivity contribution in [2.24, 2.45) is 0 Å². The van der Waals surface area contributed by atoms with Gasteiger partial charge in [-0.3, -0.25) is 9.59 Å². The lowest BCUT2D eigenvalue weighted by atomic mass is 9.93. The summed E-state index contributed by atoms with van der Waals surface area (Å²) in [6.07, 6.45) is 0.578. The van der Waals surface area contributed by atoms with Crippen molar-refractivity contribution < 1.29 is 19.4 Å². The Hall–Kier alpha value is -1.95. The molecule has 0 bridgehead atoms. The Bertz CT molecular complexity index is 645. The second kappa shape index (κ2) is 6.44. The Morgan fingerprint density at radius 3 is 2.82 bits per heavy atom. The second-order valence-corrected chi connectivity index (χ2v) is 6.58. The molecule has 0 aromatic carbocycles. The first-order valence-corrected chi connectivity index (χ1v) is 7.58. The third-order valence-electron chi connectivity index (χ3n) is 3.23. The van der Waals surface area contributed by atoms with Crippen LogP contribution in [-0.2, 0) is 27.4 Å². The van der Waals surface area contributed by atoms with Crippen LogP contribution in [0.5, 0.6) is 0 Å². The van der Waals surface area contributed by atoms with Crippen molar-refractivity contribution in [3.05, 3.63) is 16.0 Å². The smallest absolute Gasteiger partial charge is 0.314 e. The van der Waals surface area contributed by atoms with E-state index in [1.54, 1.807) is 0 Å². The summed E-state index contributed by atoms with van der Waals surface area (Å²) in [4.78, 5) is 24.2. The highest BCUT2D eigenvalue weighted by molar-refractivity contribution is 7.16. The molecule has 7 nitrogen and oxygen atoms in total. The second-order valence-electron chi connectivity index (χ2n) is 5.48. The summed E-state index contributed by atoms with van der Waals surface area (Å²) >= 11 is 1.25. The highest BCUT2D eigenvalue weighted by Crippen LogP contribution is 2.39. The van der Waals surface area contributed by atoms with E-state index in [0.717, 1.165) is 10.4 Å². The van der Waals surface area contributed by atoms with Gasteiger partial charge in [0.1, 0.15) is 11.1 Å². The van der Waals surface area contributed by atoms with E-state index in [2.05, 4.69) is 16.7 Å². The Morgan fingerprint density at radius 1 is 1.45 bits per heavy atom. The molecule has 0 saturated heterocycles. The normalized spacial score (nSPS) is 15.5. The standard InChI is InChI=1S/C14H17N3O4S/c1-14(2)5-8-9(6-15)13(22-10(8)7-21-14)17-12(20)11(19)16-3-4-18/h18H,3-5,7H2,1-2H3,(H,16,19)(H,17,20). The Balaban J connectivity index is 2.20. The number of nitriles is 1. The largest absolute Gasteiger partial charge is 0.395 e. The highest BCUT2D eigenvalue weighted by atomic mass is 32.1. The zero-order valence-electron chi connectivity index (χ0n) is 12.4. The van der Waals surface area contributed by atoms with Gasteiger partial charge < -0.3 is 20.5 Å². The van der Waals surface area contributed by atoms with Crippen molar-refractivity contribution in [1.29, 1.82) is 5.26 Å². The minimum atomic E-state index is -0.858. The molecule has 2 rings (SSSR count). The van der Waals surface area contributed by atoms with Gasteiger partial charge in [-0.25, -0.2) is 0 Å². The van der Waals surface area contributed by atoms with E-state index in [9.17, 15) is 14.9 Å². The van der Waals surface area contributed by atoms with Crippen LogP contribution in [0.3, 0.4) is 0 Å². The summed E-state index contributed by atoms with van der Waals surface area (Å²) in [5.41, 5.74) is 0.897. The van der Waals surface area contributed by atoms with Gasteiger partial charge in [0.25, 0.3) is 0 Å². The van der Waals surface area contributed by atoms with E-state index < -0.39 is 11.8 Å². The number of hydrogen-bond acceptors (Lipinski definition) is 6. The molecular formula is C14H17N3O4S.